The molecule has 0 bridgehead atoms. The van der Waals surface area contributed by atoms with Gasteiger partial charge in [-0.2, -0.15) is 0 Å². The van der Waals surface area contributed by atoms with Crippen LogP contribution in [0.5, 0.6) is 5.75 Å². The van der Waals surface area contributed by atoms with Crippen LogP contribution in [-0.4, -0.2) is 48.1 Å². The first kappa shape index (κ1) is 18.4. The van der Waals surface area contributed by atoms with Crippen LogP contribution in [0.2, 0.25) is 0 Å². The molecule has 1 aromatic rings. The smallest absolute Gasteiger partial charge is 0.334 e. The maximum atomic E-state index is 12.2. The van der Waals surface area contributed by atoms with Crippen LogP contribution in [0.15, 0.2) is 24.5 Å². The molecule has 8 nitrogen and oxygen atoms in total. The highest BCUT2D eigenvalue weighted by atomic mass is 16.5. The zero-order valence-corrected chi connectivity index (χ0v) is 12.9. The van der Waals surface area contributed by atoms with Gasteiger partial charge in [-0.15, -0.1) is 0 Å². The molecule has 0 aromatic carbocycles. The topological polar surface area (TPSA) is 118 Å². The van der Waals surface area contributed by atoms with Gasteiger partial charge in [0.05, 0.1) is 6.21 Å². The maximum absolute atomic E-state index is 12.2. The Hall–Kier alpha value is -2.61. The number of amides is 1. The van der Waals surface area contributed by atoms with E-state index in [0.29, 0.717) is 6.21 Å². The number of hydrogen-bond donors (Lipinski definition) is 2. The highest BCUT2D eigenvalue weighted by Gasteiger charge is 2.25. The molecule has 8 heteroatoms. The van der Waals surface area contributed by atoms with Crippen LogP contribution < -0.4 is 10.1 Å². The summed E-state index contributed by atoms with van der Waals surface area (Å²) in [7, 11) is 1.37. The number of ketones is 1. The predicted octanol–water partition coefficient (Wildman–Crippen LogP) is 0.506. The van der Waals surface area contributed by atoms with E-state index in [0.717, 1.165) is 0 Å². The van der Waals surface area contributed by atoms with E-state index in [9.17, 15) is 14.4 Å². The Morgan fingerprint density at radius 3 is 2.57 bits per heavy atom. The van der Waals surface area contributed by atoms with Crippen molar-refractivity contribution in [3.05, 3.63) is 24.5 Å². The first-order chi connectivity index (χ1) is 11.0. The number of methoxy groups -OCH3 is 1. The van der Waals surface area contributed by atoms with Gasteiger partial charge in [-0.3, -0.25) is 14.6 Å². The SMILES string of the molecule is CO[C@@H](C)C(=O)N[C@@H](CCC(=O)C=N)C(=O)Oc1ccncc1. The van der Waals surface area contributed by atoms with E-state index in [4.69, 9.17) is 14.9 Å². The number of carbonyl (C=O) groups is 3. The lowest BCUT2D eigenvalue weighted by Gasteiger charge is -2.19. The van der Waals surface area contributed by atoms with E-state index < -0.39 is 29.8 Å². The number of pyridine rings is 1. The number of aromatic nitrogens is 1. The molecule has 0 radical (unpaired) electrons. The molecular weight excluding hydrogens is 302 g/mol. The first-order valence-electron chi connectivity index (χ1n) is 6.96. The molecule has 1 aromatic heterocycles. The third-order valence-electron chi connectivity index (χ3n) is 3.03. The molecule has 0 aliphatic rings. The molecule has 124 valence electrons. The summed E-state index contributed by atoms with van der Waals surface area (Å²) < 4.78 is 10.0. The molecule has 0 aliphatic heterocycles. The van der Waals surface area contributed by atoms with Crippen molar-refractivity contribution in [2.45, 2.75) is 31.9 Å². The highest BCUT2D eigenvalue weighted by Crippen LogP contribution is 2.10. The summed E-state index contributed by atoms with van der Waals surface area (Å²) >= 11 is 0. The van der Waals surface area contributed by atoms with Crippen LogP contribution in [0.25, 0.3) is 0 Å². The van der Waals surface area contributed by atoms with Crippen molar-refractivity contribution in [2.24, 2.45) is 0 Å². The van der Waals surface area contributed by atoms with Gasteiger partial charge in [0, 0.05) is 25.9 Å². The summed E-state index contributed by atoms with van der Waals surface area (Å²) in [5.41, 5.74) is 0. The third-order valence-corrected chi connectivity index (χ3v) is 3.03. The summed E-state index contributed by atoms with van der Waals surface area (Å²) in [4.78, 5) is 39.1. The minimum Gasteiger partial charge on any atom is -0.425 e. The molecule has 1 rings (SSSR count). The molecule has 2 atom stereocenters. The lowest BCUT2D eigenvalue weighted by atomic mass is 10.1. The van der Waals surface area contributed by atoms with Crippen LogP contribution in [-0.2, 0) is 19.1 Å². The molecule has 0 unspecified atom stereocenters. The fraction of sp³-hybridized carbons (Fsp3) is 0.400. The summed E-state index contributed by atoms with van der Waals surface area (Å²) in [6.45, 7) is 1.53. The lowest BCUT2D eigenvalue weighted by molar-refractivity contribution is -0.141. The fourth-order valence-corrected chi connectivity index (χ4v) is 1.60. The van der Waals surface area contributed by atoms with E-state index in [1.54, 1.807) is 0 Å². The van der Waals surface area contributed by atoms with Crippen molar-refractivity contribution in [1.29, 1.82) is 5.41 Å². The van der Waals surface area contributed by atoms with Gasteiger partial charge in [-0.25, -0.2) is 4.79 Å². The van der Waals surface area contributed by atoms with Crippen molar-refractivity contribution < 1.29 is 23.9 Å². The van der Waals surface area contributed by atoms with Crippen LogP contribution in [0.3, 0.4) is 0 Å². The Balaban J connectivity index is 2.75. The molecule has 0 spiro atoms. The highest BCUT2D eigenvalue weighted by molar-refractivity contribution is 6.26. The minimum atomic E-state index is -1.02. The van der Waals surface area contributed by atoms with E-state index in [1.807, 2.05) is 0 Å². The Kier molecular flexibility index (Phi) is 7.55. The largest absolute Gasteiger partial charge is 0.425 e. The second-order valence-electron chi connectivity index (χ2n) is 4.69. The zero-order valence-electron chi connectivity index (χ0n) is 12.9. The number of Topliss-reactive ketones (excluding diaryl/α,β-unsaturated/α-hetero) is 1. The Morgan fingerprint density at radius 1 is 1.35 bits per heavy atom. The lowest BCUT2D eigenvalue weighted by Crippen LogP contribution is -2.47. The molecule has 0 fully saturated rings. The second-order valence-corrected chi connectivity index (χ2v) is 4.69. The van der Waals surface area contributed by atoms with Crippen molar-refractivity contribution in [2.75, 3.05) is 7.11 Å². The van der Waals surface area contributed by atoms with Gasteiger partial charge < -0.3 is 20.2 Å². The van der Waals surface area contributed by atoms with E-state index in [-0.39, 0.29) is 18.6 Å². The van der Waals surface area contributed by atoms with E-state index in [2.05, 4.69) is 10.3 Å². The second kappa shape index (κ2) is 9.42. The quantitative estimate of drug-likeness (QED) is 0.505. The predicted molar refractivity (Wildman–Crippen MR) is 81.3 cm³/mol. The van der Waals surface area contributed by atoms with Crippen LogP contribution in [0, 0.1) is 5.41 Å². The number of hydrogen-bond acceptors (Lipinski definition) is 7. The molecule has 0 saturated heterocycles. The van der Waals surface area contributed by atoms with Gasteiger partial charge in [-0.1, -0.05) is 0 Å². The van der Waals surface area contributed by atoms with Gasteiger partial charge in [0.25, 0.3) is 0 Å². The summed E-state index contributed by atoms with van der Waals surface area (Å²) in [6, 6.07) is 1.98. The third kappa shape index (κ3) is 6.35. The number of rotatable bonds is 9. The van der Waals surface area contributed by atoms with Gasteiger partial charge in [0.15, 0.2) is 5.78 Å². The first-order valence-corrected chi connectivity index (χ1v) is 6.96. The van der Waals surface area contributed by atoms with Crippen LogP contribution >= 0.6 is 0 Å². The fourth-order valence-electron chi connectivity index (χ4n) is 1.60. The average molecular weight is 321 g/mol. The zero-order chi connectivity index (χ0) is 17.2. The maximum Gasteiger partial charge on any atom is 0.334 e. The normalized spacial score (nSPS) is 12.8. The molecule has 1 amide bonds. The molecule has 1 heterocycles. The molecular formula is C15H19N3O5. The number of nitrogens with zero attached hydrogens (tertiary/aromatic N) is 1. The van der Waals surface area contributed by atoms with E-state index >= 15 is 0 Å². The number of nitrogens with one attached hydrogen (secondary N) is 2. The summed E-state index contributed by atoms with van der Waals surface area (Å²) in [6.07, 6.45) is 2.82. The van der Waals surface area contributed by atoms with Crippen molar-refractivity contribution >= 4 is 23.9 Å². The average Bonchev–Trinajstić information content (AvgIpc) is 2.57. The Bertz CT molecular complexity index is 561. The number of carbonyl (C=O) groups excluding carboxylic acids is 3. The number of ether oxygens (including phenoxy) is 2. The molecule has 23 heavy (non-hydrogen) atoms. The van der Waals surface area contributed by atoms with Crippen LogP contribution in [0.4, 0.5) is 0 Å². The van der Waals surface area contributed by atoms with Crippen molar-refractivity contribution in [3.8, 4) is 5.75 Å². The summed E-state index contributed by atoms with van der Waals surface area (Å²) in [5, 5.41) is 9.36. The van der Waals surface area contributed by atoms with Crippen LogP contribution in [0.1, 0.15) is 19.8 Å². The standard InChI is InChI=1S/C15H19N3O5/c1-10(22-2)14(20)18-13(4-3-11(19)9-16)15(21)23-12-5-7-17-8-6-12/h5-10,13,16H,3-4H2,1-2H3,(H,18,20)/t10-,13-/m0/s1. The minimum absolute atomic E-state index is 0.0281. The van der Waals surface area contributed by atoms with Gasteiger partial charge >= 0.3 is 5.97 Å². The Morgan fingerprint density at radius 2 is 2.00 bits per heavy atom. The van der Waals surface area contributed by atoms with E-state index in [1.165, 1.54) is 38.6 Å². The molecule has 0 saturated carbocycles. The number of esters is 1. The molecule has 2 N–H and O–H groups in total. The van der Waals surface area contributed by atoms with Gasteiger partial charge in [-0.05, 0) is 25.5 Å². The Labute approximate surface area is 133 Å². The monoisotopic (exact) mass is 321 g/mol. The van der Waals surface area contributed by atoms with Crippen molar-refractivity contribution in [3.63, 3.8) is 0 Å². The van der Waals surface area contributed by atoms with Gasteiger partial charge in [0.1, 0.15) is 17.9 Å². The summed E-state index contributed by atoms with van der Waals surface area (Å²) in [5.74, 6) is -1.36. The van der Waals surface area contributed by atoms with Gasteiger partial charge in [0.2, 0.25) is 5.91 Å². The van der Waals surface area contributed by atoms with Crippen molar-refractivity contribution in [1.82, 2.24) is 10.3 Å². The molecule has 0 aliphatic carbocycles.